The van der Waals surface area contributed by atoms with Crippen LogP contribution < -0.4 is 0 Å². The van der Waals surface area contributed by atoms with E-state index in [1.165, 1.54) is 6.08 Å². The zero-order chi connectivity index (χ0) is 19.5. The van der Waals surface area contributed by atoms with E-state index in [4.69, 9.17) is 0 Å². The third-order valence-corrected chi connectivity index (χ3v) is 5.68. The molecule has 1 saturated carbocycles. The third-order valence-electron chi connectivity index (χ3n) is 4.53. The fraction of sp³-hybridized carbons (Fsp3) is 0.500. The molecule has 144 valence electrons. The molecule has 1 N–H and O–H groups in total. The summed E-state index contributed by atoms with van der Waals surface area (Å²) in [7, 11) is -4.10. The highest BCUT2D eigenvalue weighted by Gasteiger charge is 2.36. The summed E-state index contributed by atoms with van der Waals surface area (Å²) in [4.78, 5) is 10.8. The minimum atomic E-state index is -4.90. The molecule has 0 radical (unpaired) electrons. The highest BCUT2D eigenvalue weighted by Crippen LogP contribution is 2.36. The molecule has 0 atom stereocenters. The number of hydrogen-bond acceptors (Lipinski definition) is 3. The van der Waals surface area contributed by atoms with Crippen LogP contribution in [-0.4, -0.2) is 25.7 Å². The molecule has 0 bridgehead atoms. The monoisotopic (exact) mass is 390 g/mol. The minimum Gasteiger partial charge on any atom is -0.478 e. The normalized spacial score (nSPS) is 17.8. The molecule has 1 aromatic rings. The number of allylic oxidation sites excluding steroid dienone is 1. The van der Waals surface area contributed by atoms with Gasteiger partial charge in [-0.2, -0.15) is 13.2 Å². The van der Waals surface area contributed by atoms with Crippen LogP contribution in [0.15, 0.2) is 29.2 Å². The molecule has 0 amide bonds. The van der Waals surface area contributed by atoms with E-state index >= 15 is 0 Å². The van der Waals surface area contributed by atoms with Gasteiger partial charge in [0.2, 0.25) is 0 Å². The van der Waals surface area contributed by atoms with Gasteiger partial charge in [-0.3, -0.25) is 0 Å². The van der Waals surface area contributed by atoms with E-state index in [1.807, 2.05) is 0 Å². The first-order valence-electron chi connectivity index (χ1n) is 8.37. The molecule has 0 heterocycles. The Morgan fingerprint density at radius 1 is 1.15 bits per heavy atom. The van der Waals surface area contributed by atoms with Crippen LogP contribution in [0.25, 0.3) is 5.57 Å². The van der Waals surface area contributed by atoms with Crippen molar-refractivity contribution in [3.63, 3.8) is 0 Å². The Bertz CT molecular complexity index is 802. The second kappa shape index (κ2) is 7.82. The molecule has 1 aliphatic rings. The molecule has 0 spiro atoms. The lowest BCUT2D eigenvalue weighted by atomic mass is 9.93. The van der Waals surface area contributed by atoms with E-state index in [0.29, 0.717) is 12.3 Å². The molecule has 26 heavy (non-hydrogen) atoms. The van der Waals surface area contributed by atoms with Gasteiger partial charge in [-0.05, 0) is 36.5 Å². The Morgan fingerprint density at radius 2 is 1.73 bits per heavy atom. The summed E-state index contributed by atoms with van der Waals surface area (Å²) < 4.78 is 63.2. The number of carboxylic acid groups (broad SMARTS) is 1. The first-order chi connectivity index (χ1) is 12.0. The Morgan fingerprint density at radius 3 is 2.19 bits per heavy atom. The molecule has 1 aromatic carbocycles. The summed E-state index contributed by atoms with van der Waals surface area (Å²) >= 11 is 0. The largest absolute Gasteiger partial charge is 0.478 e. The smallest absolute Gasteiger partial charge is 0.417 e. The molecule has 8 heteroatoms. The Labute approximate surface area is 150 Å². The number of carboxylic acids is 1. The van der Waals surface area contributed by atoms with Crippen LogP contribution in [-0.2, 0) is 20.8 Å². The van der Waals surface area contributed by atoms with Gasteiger partial charge in [0, 0.05) is 6.26 Å². The lowest BCUT2D eigenvalue weighted by molar-refractivity contribution is -0.140. The molecule has 0 unspecified atom stereocenters. The maximum atomic E-state index is 13.3. The van der Waals surface area contributed by atoms with Gasteiger partial charge in [0.25, 0.3) is 0 Å². The second-order valence-corrected chi connectivity index (χ2v) is 8.60. The van der Waals surface area contributed by atoms with E-state index in [9.17, 15) is 31.5 Å². The number of carbonyl (C=O) groups is 1. The van der Waals surface area contributed by atoms with Crippen LogP contribution in [0.4, 0.5) is 13.2 Å². The predicted octanol–water partition coefficient (Wildman–Crippen LogP) is 4.55. The lowest BCUT2D eigenvalue weighted by Crippen LogP contribution is -2.14. The minimum absolute atomic E-state index is 0.00692. The highest BCUT2D eigenvalue weighted by molar-refractivity contribution is 7.90. The second-order valence-electron chi connectivity index (χ2n) is 6.62. The van der Waals surface area contributed by atoms with Gasteiger partial charge in [0.1, 0.15) is 0 Å². The van der Waals surface area contributed by atoms with E-state index in [2.05, 4.69) is 0 Å². The van der Waals surface area contributed by atoms with Crippen LogP contribution in [0.3, 0.4) is 0 Å². The summed E-state index contributed by atoms with van der Waals surface area (Å²) in [6.07, 6.45) is 2.93. The molecule has 0 aromatic heterocycles. The van der Waals surface area contributed by atoms with Gasteiger partial charge in [0.05, 0.1) is 16.0 Å². The van der Waals surface area contributed by atoms with E-state index in [1.54, 1.807) is 0 Å². The molecule has 1 aliphatic carbocycles. The van der Waals surface area contributed by atoms with Crippen LogP contribution in [0, 0.1) is 5.92 Å². The Balaban J connectivity index is 2.54. The van der Waals surface area contributed by atoms with Crippen molar-refractivity contribution in [2.75, 3.05) is 6.26 Å². The van der Waals surface area contributed by atoms with Crippen molar-refractivity contribution in [2.45, 2.75) is 49.6 Å². The number of halogens is 3. The Kier molecular flexibility index (Phi) is 6.16. The van der Waals surface area contributed by atoms with Gasteiger partial charge >= 0.3 is 12.1 Å². The van der Waals surface area contributed by atoms with Crippen molar-refractivity contribution in [1.29, 1.82) is 0 Å². The van der Waals surface area contributed by atoms with Crippen LogP contribution in [0.1, 0.15) is 49.7 Å². The van der Waals surface area contributed by atoms with Crippen LogP contribution in [0.2, 0.25) is 0 Å². The summed E-state index contributed by atoms with van der Waals surface area (Å²) in [5.74, 6) is -1.33. The average Bonchev–Trinajstić information content (AvgIpc) is 2.78. The molecule has 4 nitrogen and oxygen atoms in total. The summed E-state index contributed by atoms with van der Waals surface area (Å²) in [6.45, 7) is 0. The zero-order valence-electron chi connectivity index (χ0n) is 14.3. The van der Waals surface area contributed by atoms with Gasteiger partial charge in [0.15, 0.2) is 9.84 Å². The summed E-state index contributed by atoms with van der Waals surface area (Å²) in [5.41, 5.74) is -1.70. The van der Waals surface area contributed by atoms with Crippen LogP contribution >= 0.6 is 0 Å². The number of rotatable bonds is 4. The highest BCUT2D eigenvalue weighted by atomic mass is 32.2. The fourth-order valence-electron chi connectivity index (χ4n) is 3.25. The van der Waals surface area contributed by atoms with E-state index in [-0.39, 0.29) is 17.1 Å². The predicted molar refractivity (Wildman–Crippen MR) is 91.4 cm³/mol. The third kappa shape index (κ3) is 5.09. The Hall–Kier alpha value is -1.83. The SMILES string of the molecule is CS(=O)(=O)c1ccc(C(=CC2CCCCCC2)C(=O)O)cc1C(F)(F)F. The van der Waals surface area contributed by atoms with Crippen molar-refractivity contribution in [3.8, 4) is 0 Å². The number of sulfone groups is 1. The number of alkyl halides is 3. The summed E-state index contributed by atoms with van der Waals surface area (Å²) in [6, 6.07) is 2.58. The molecule has 0 aliphatic heterocycles. The maximum Gasteiger partial charge on any atom is 0.417 e. The number of hydrogen-bond donors (Lipinski definition) is 1. The standard InChI is InChI=1S/C18H21F3O4S/c1-26(24,25)16-9-8-13(11-15(16)18(19,20)21)14(17(22)23)10-12-6-4-2-3-5-7-12/h8-12H,2-7H2,1H3,(H,22,23). The number of benzene rings is 1. The van der Waals surface area contributed by atoms with E-state index in [0.717, 1.165) is 50.7 Å². The molecular formula is C18H21F3O4S. The lowest BCUT2D eigenvalue weighted by Gasteiger charge is -2.15. The number of aliphatic carboxylic acids is 1. The van der Waals surface area contributed by atoms with Crippen molar-refractivity contribution >= 4 is 21.4 Å². The molecule has 2 rings (SSSR count). The molecular weight excluding hydrogens is 369 g/mol. The first kappa shape index (κ1) is 20.5. The van der Waals surface area contributed by atoms with Crippen LogP contribution in [0.5, 0.6) is 0 Å². The quantitative estimate of drug-likeness (QED) is 0.605. The summed E-state index contributed by atoms with van der Waals surface area (Å²) in [5, 5.41) is 9.48. The topological polar surface area (TPSA) is 71.4 Å². The van der Waals surface area contributed by atoms with Crippen molar-refractivity contribution in [1.82, 2.24) is 0 Å². The zero-order valence-corrected chi connectivity index (χ0v) is 15.2. The van der Waals surface area contributed by atoms with Crippen molar-refractivity contribution in [3.05, 3.63) is 35.4 Å². The fourth-order valence-corrected chi connectivity index (χ4v) is 4.14. The van der Waals surface area contributed by atoms with Gasteiger partial charge in [-0.25, -0.2) is 13.2 Å². The molecule has 0 saturated heterocycles. The maximum absolute atomic E-state index is 13.3. The van der Waals surface area contributed by atoms with Crippen molar-refractivity contribution < 1.29 is 31.5 Å². The molecule has 1 fully saturated rings. The van der Waals surface area contributed by atoms with Gasteiger partial charge in [-0.15, -0.1) is 0 Å². The van der Waals surface area contributed by atoms with E-state index < -0.39 is 32.4 Å². The van der Waals surface area contributed by atoms with Crippen molar-refractivity contribution in [2.24, 2.45) is 5.92 Å². The van der Waals surface area contributed by atoms with Gasteiger partial charge < -0.3 is 5.11 Å². The van der Waals surface area contributed by atoms with Gasteiger partial charge in [-0.1, -0.05) is 37.8 Å². The average molecular weight is 390 g/mol. The first-order valence-corrected chi connectivity index (χ1v) is 10.3.